The SMILES string of the molecule is CC(=N)N1CCC(c2ccc(NC(=O)CN(CC=C(C)C)c3cccc(C(=N)N)c3)cc2)CC1. The molecule has 0 atom stereocenters. The van der Waals surface area contributed by atoms with Gasteiger partial charge in [-0.15, -0.1) is 0 Å². The van der Waals surface area contributed by atoms with Gasteiger partial charge in [0.1, 0.15) is 5.84 Å². The van der Waals surface area contributed by atoms with Crippen molar-refractivity contribution in [3.63, 3.8) is 0 Å². The van der Waals surface area contributed by atoms with Gasteiger partial charge in [-0.3, -0.25) is 15.6 Å². The summed E-state index contributed by atoms with van der Waals surface area (Å²) in [4.78, 5) is 17.0. The maximum atomic E-state index is 12.9. The minimum atomic E-state index is -0.0992. The standard InChI is InChI=1S/C27H36N6O/c1-19(2)11-14-33(25-6-4-5-23(17-25)27(29)30)18-26(34)31-24-9-7-21(8-10-24)22-12-15-32(16-13-22)20(3)28/h4-11,17,22,28H,12-16,18H2,1-3H3,(H3,29,30)(H,31,34). The molecule has 180 valence electrons. The summed E-state index contributed by atoms with van der Waals surface area (Å²) in [7, 11) is 0. The first-order valence-corrected chi connectivity index (χ1v) is 11.8. The number of carbonyl (C=O) groups excluding carboxylic acids is 1. The van der Waals surface area contributed by atoms with Gasteiger partial charge in [0.25, 0.3) is 0 Å². The largest absolute Gasteiger partial charge is 0.384 e. The molecule has 0 aliphatic carbocycles. The third kappa shape index (κ3) is 6.94. The van der Waals surface area contributed by atoms with Crippen LogP contribution in [0.25, 0.3) is 0 Å². The molecule has 7 heteroatoms. The van der Waals surface area contributed by atoms with E-state index >= 15 is 0 Å². The number of hydrogen-bond donors (Lipinski definition) is 4. The van der Waals surface area contributed by atoms with Crippen LogP contribution in [0.4, 0.5) is 11.4 Å². The Labute approximate surface area is 202 Å². The highest BCUT2D eigenvalue weighted by Gasteiger charge is 2.21. The van der Waals surface area contributed by atoms with Gasteiger partial charge in [0.05, 0.1) is 12.4 Å². The number of amides is 1. The summed E-state index contributed by atoms with van der Waals surface area (Å²) in [6.07, 6.45) is 4.16. The van der Waals surface area contributed by atoms with Crippen LogP contribution in [0.15, 0.2) is 60.2 Å². The summed E-state index contributed by atoms with van der Waals surface area (Å²) in [5, 5.41) is 18.5. The highest BCUT2D eigenvalue weighted by atomic mass is 16.2. The van der Waals surface area contributed by atoms with Gasteiger partial charge in [-0.05, 0) is 69.4 Å². The number of benzene rings is 2. The van der Waals surface area contributed by atoms with Gasteiger partial charge in [0.15, 0.2) is 0 Å². The van der Waals surface area contributed by atoms with Crippen molar-refractivity contribution in [2.24, 2.45) is 5.73 Å². The molecular weight excluding hydrogens is 424 g/mol. The van der Waals surface area contributed by atoms with E-state index in [9.17, 15) is 4.79 Å². The van der Waals surface area contributed by atoms with Crippen molar-refractivity contribution in [2.45, 2.75) is 39.5 Å². The van der Waals surface area contributed by atoms with E-state index in [-0.39, 0.29) is 18.3 Å². The average molecular weight is 461 g/mol. The fraction of sp³-hybridized carbons (Fsp3) is 0.370. The van der Waals surface area contributed by atoms with Crippen molar-refractivity contribution in [1.29, 1.82) is 10.8 Å². The quantitative estimate of drug-likeness (QED) is 0.263. The van der Waals surface area contributed by atoms with Crippen molar-refractivity contribution < 1.29 is 4.79 Å². The van der Waals surface area contributed by atoms with Gasteiger partial charge >= 0.3 is 0 Å². The van der Waals surface area contributed by atoms with Crippen LogP contribution in [-0.4, -0.2) is 48.7 Å². The maximum absolute atomic E-state index is 12.9. The zero-order chi connectivity index (χ0) is 24.7. The summed E-state index contributed by atoms with van der Waals surface area (Å²) in [6.45, 7) is 8.52. The molecule has 34 heavy (non-hydrogen) atoms. The molecule has 1 aliphatic heterocycles. The molecule has 7 nitrogen and oxygen atoms in total. The highest BCUT2D eigenvalue weighted by molar-refractivity contribution is 5.97. The lowest BCUT2D eigenvalue weighted by Gasteiger charge is -2.33. The number of likely N-dealkylation sites (tertiary alicyclic amines) is 1. The number of nitrogens with one attached hydrogen (secondary N) is 3. The van der Waals surface area contributed by atoms with Crippen molar-refractivity contribution in [3.05, 3.63) is 71.3 Å². The molecule has 2 aromatic carbocycles. The zero-order valence-electron chi connectivity index (χ0n) is 20.4. The van der Waals surface area contributed by atoms with Crippen LogP contribution in [-0.2, 0) is 4.79 Å². The second kappa shape index (κ2) is 11.5. The molecule has 0 saturated carbocycles. The van der Waals surface area contributed by atoms with Gasteiger partial charge in [-0.2, -0.15) is 0 Å². The summed E-state index contributed by atoms with van der Waals surface area (Å²) < 4.78 is 0. The van der Waals surface area contributed by atoms with Crippen LogP contribution in [0.5, 0.6) is 0 Å². The molecule has 0 radical (unpaired) electrons. The molecule has 1 aliphatic rings. The molecule has 1 amide bonds. The zero-order valence-corrected chi connectivity index (χ0v) is 20.4. The number of nitrogens with zero attached hydrogens (tertiary/aromatic N) is 2. The first kappa shape index (κ1) is 25.0. The van der Waals surface area contributed by atoms with Gasteiger partial charge < -0.3 is 20.9 Å². The molecule has 0 bridgehead atoms. The Morgan fingerprint density at radius 2 is 1.79 bits per heavy atom. The van der Waals surface area contributed by atoms with Crippen molar-refractivity contribution in [2.75, 3.05) is 36.4 Å². The summed E-state index contributed by atoms with van der Waals surface area (Å²) >= 11 is 0. The normalized spacial score (nSPS) is 13.8. The number of nitrogen functional groups attached to an aromatic ring is 1. The van der Waals surface area contributed by atoms with Gasteiger partial charge in [-0.1, -0.05) is 35.9 Å². The van der Waals surface area contributed by atoms with Crippen LogP contribution < -0.4 is 16.0 Å². The lowest BCUT2D eigenvalue weighted by Crippen LogP contribution is -2.36. The van der Waals surface area contributed by atoms with Crippen LogP contribution in [0.1, 0.15) is 50.7 Å². The predicted molar refractivity (Wildman–Crippen MR) is 141 cm³/mol. The lowest BCUT2D eigenvalue weighted by molar-refractivity contribution is -0.115. The molecule has 0 spiro atoms. The van der Waals surface area contributed by atoms with Gasteiger partial charge in [-0.25, -0.2) is 0 Å². The monoisotopic (exact) mass is 460 g/mol. The van der Waals surface area contributed by atoms with E-state index < -0.39 is 0 Å². The van der Waals surface area contributed by atoms with E-state index in [0.29, 0.717) is 23.9 Å². The molecule has 1 heterocycles. The second-order valence-electron chi connectivity index (χ2n) is 9.14. The first-order valence-electron chi connectivity index (χ1n) is 11.8. The second-order valence-corrected chi connectivity index (χ2v) is 9.14. The Morgan fingerprint density at radius 3 is 2.38 bits per heavy atom. The number of anilines is 2. The van der Waals surface area contributed by atoms with Gasteiger partial charge in [0.2, 0.25) is 5.91 Å². The molecule has 0 unspecified atom stereocenters. The number of hydrogen-bond acceptors (Lipinski definition) is 4. The van der Waals surface area contributed by atoms with Crippen LogP contribution in [0.3, 0.4) is 0 Å². The fourth-order valence-corrected chi connectivity index (χ4v) is 4.18. The van der Waals surface area contributed by atoms with E-state index in [4.69, 9.17) is 16.6 Å². The van der Waals surface area contributed by atoms with Crippen LogP contribution >= 0.6 is 0 Å². The molecule has 1 fully saturated rings. The maximum Gasteiger partial charge on any atom is 0.243 e. The number of allylic oxidation sites excluding steroid dienone is 1. The van der Waals surface area contributed by atoms with E-state index in [1.807, 2.05) is 56.0 Å². The fourth-order valence-electron chi connectivity index (χ4n) is 4.18. The van der Waals surface area contributed by atoms with Crippen molar-refractivity contribution >= 4 is 29.0 Å². The molecule has 5 N–H and O–H groups in total. The van der Waals surface area contributed by atoms with E-state index in [2.05, 4.69) is 28.4 Å². The Balaban J connectivity index is 1.64. The average Bonchev–Trinajstić information content (AvgIpc) is 2.82. The highest BCUT2D eigenvalue weighted by Crippen LogP contribution is 2.29. The molecule has 0 aromatic heterocycles. The van der Waals surface area contributed by atoms with Crippen LogP contribution in [0, 0.1) is 10.8 Å². The number of carbonyl (C=O) groups is 1. The summed E-state index contributed by atoms with van der Waals surface area (Å²) in [6, 6.07) is 15.6. The predicted octanol–water partition coefficient (Wildman–Crippen LogP) is 4.56. The molecular formula is C27H36N6O. The number of amidine groups is 2. The Morgan fingerprint density at radius 1 is 1.12 bits per heavy atom. The Hall–Kier alpha value is -3.61. The third-order valence-electron chi connectivity index (χ3n) is 6.21. The Bertz CT molecular complexity index is 1050. The third-order valence-corrected chi connectivity index (χ3v) is 6.21. The minimum Gasteiger partial charge on any atom is -0.384 e. The summed E-state index contributed by atoms with van der Waals surface area (Å²) in [5.41, 5.74) is 10.4. The lowest BCUT2D eigenvalue weighted by atomic mass is 9.89. The number of piperidine rings is 1. The summed E-state index contributed by atoms with van der Waals surface area (Å²) in [5.74, 6) is 1.04. The molecule has 2 aromatic rings. The van der Waals surface area contributed by atoms with E-state index in [0.717, 1.165) is 37.3 Å². The minimum absolute atomic E-state index is 0.00666. The van der Waals surface area contributed by atoms with E-state index in [1.54, 1.807) is 6.07 Å². The number of nitrogens with two attached hydrogens (primary N) is 1. The van der Waals surface area contributed by atoms with Crippen molar-refractivity contribution in [1.82, 2.24) is 4.90 Å². The Kier molecular flexibility index (Phi) is 8.46. The molecule has 3 rings (SSSR count). The number of rotatable bonds is 8. The molecule has 1 saturated heterocycles. The topological polar surface area (TPSA) is 109 Å². The van der Waals surface area contributed by atoms with Gasteiger partial charge in [0, 0.05) is 36.6 Å². The van der Waals surface area contributed by atoms with E-state index in [1.165, 1.54) is 11.1 Å². The van der Waals surface area contributed by atoms with Crippen molar-refractivity contribution in [3.8, 4) is 0 Å². The first-order chi connectivity index (χ1) is 16.2. The smallest absolute Gasteiger partial charge is 0.243 e. The van der Waals surface area contributed by atoms with Crippen LogP contribution in [0.2, 0.25) is 0 Å².